The van der Waals surface area contributed by atoms with Crippen LogP contribution < -0.4 is 5.32 Å². The molecule has 1 aromatic carbocycles. The lowest BCUT2D eigenvalue weighted by Crippen LogP contribution is -2.15. The van der Waals surface area contributed by atoms with Gasteiger partial charge in [-0.25, -0.2) is 0 Å². The molecule has 0 amide bonds. The zero-order valence-corrected chi connectivity index (χ0v) is 9.61. The summed E-state index contributed by atoms with van der Waals surface area (Å²) >= 11 is 0. The predicted octanol–water partition coefficient (Wildman–Crippen LogP) is 1.81. The Bertz CT molecular complexity index is 564. The quantitative estimate of drug-likeness (QED) is 0.654. The highest BCUT2D eigenvalue weighted by Gasteiger charge is 2.20. The van der Waals surface area contributed by atoms with E-state index in [9.17, 15) is 25.0 Å². The van der Waals surface area contributed by atoms with Crippen molar-refractivity contribution in [3.8, 4) is 0 Å². The van der Waals surface area contributed by atoms with E-state index in [4.69, 9.17) is 0 Å². The van der Waals surface area contributed by atoms with Crippen molar-refractivity contribution in [2.45, 2.75) is 12.5 Å². The third-order valence-electron chi connectivity index (χ3n) is 2.61. The van der Waals surface area contributed by atoms with Crippen LogP contribution in [0.1, 0.15) is 6.42 Å². The number of hydrogen-bond acceptors (Lipinski definition) is 6. The highest BCUT2D eigenvalue weighted by Crippen LogP contribution is 2.27. The van der Waals surface area contributed by atoms with Gasteiger partial charge in [-0.1, -0.05) is 6.08 Å². The van der Waals surface area contributed by atoms with Crippen molar-refractivity contribution in [2.75, 3.05) is 5.32 Å². The number of nitro groups is 2. The highest BCUT2D eigenvalue weighted by molar-refractivity contribution is 5.93. The molecule has 0 radical (unpaired) electrons. The molecule has 0 saturated carbocycles. The lowest BCUT2D eigenvalue weighted by molar-refractivity contribution is -0.394. The number of rotatable bonds is 4. The van der Waals surface area contributed by atoms with Crippen LogP contribution in [0.5, 0.6) is 0 Å². The molecule has 1 aliphatic rings. The summed E-state index contributed by atoms with van der Waals surface area (Å²) in [5.74, 6) is -0.0579. The Morgan fingerprint density at radius 1 is 1.11 bits per heavy atom. The molecule has 0 bridgehead atoms. The number of nitrogens with zero attached hydrogens (tertiary/aromatic N) is 2. The van der Waals surface area contributed by atoms with E-state index in [1.54, 1.807) is 6.08 Å². The molecule has 1 N–H and O–H groups in total. The van der Waals surface area contributed by atoms with Gasteiger partial charge in [-0.05, 0) is 6.08 Å². The molecule has 1 unspecified atom stereocenters. The van der Waals surface area contributed by atoms with Gasteiger partial charge in [0.15, 0.2) is 5.78 Å². The van der Waals surface area contributed by atoms with Gasteiger partial charge >= 0.3 is 0 Å². The molecule has 0 heterocycles. The minimum absolute atomic E-state index is 0.0579. The van der Waals surface area contributed by atoms with Gasteiger partial charge in [0.2, 0.25) is 0 Å². The van der Waals surface area contributed by atoms with Crippen LogP contribution in [-0.2, 0) is 4.79 Å². The average molecular weight is 263 g/mol. The maximum atomic E-state index is 11.1. The number of nitro benzene ring substituents is 2. The molecular formula is C11H9N3O5. The average Bonchev–Trinajstić information content (AvgIpc) is 2.74. The monoisotopic (exact) mass is 263 g/mol. The van der Waals surface area contributed by atoms with Crippen molar-refractivity contribution < 1.29 is 14.6 Å². The lowest BCUT2D eigenvalue weighted by atomic mass is 10.2. The Hall–Kier alpha value is -2.77. The fourth-order valence-corrected chi connectivity index (χ4v) is 1.78. The number of nitrogens with one attached hydrogen (secondary N) is 1. The number of carbonyl (C=O) groups excluding carboxylic acids is 1. The minimum Gasteiger partial charge on any atom is -0.378 e. The maximum absolute atomic E-state index is 11.1. The Morgan fingerprint density at radius 3 is 2.11 bits per heavy atom. The summed E-state index contributed by atoms with van der Waals surface area (Å²) < 4.78 is 0. The molecule has 1 aliphatic carbocycles. The number of non-ortho nitro benzene ring substituents is 2. The molecule has 8 heteroatoms. The largest absolute Gasteiger partial charge is 0.378 e. The Morgan fingerprint density at radius 2 is 1.68 bits per heavy atom. The van der Waals surface area contributed by atoms with Crippen LogP contribution in [0.25, 0.3) is 0 Å². The summed E-state index contributed by atoms with van der Waals surface area (Å²) in [6.07, 6.45) is 3.26. The van der Waals surface area contributed by atoms with Crippen molar-refractivity contribution >= 4 is 22.8 Å². The minimum atomic E-state index is -0.701. The van der Waals surface area contributed by atoms with Gasteiger partial charge in [-0.15, -0.1) is 0 Å². The Kier molecular flexibility index (Phi) is 3.23. The second-order valence-corrected chi connectivity index (χ2v) is 4.03. The van der Waals surface area contributed by atoms with E-state index < -0.39 is 9.85 Å². The number of hydrogen-bond donors (Lipinski definition) is 1. The molecule has 8 nitrogen and oxygen atoms in total. The first-order chi connectivity index (χ1) is 8.95. The Labute approximate surface area is 107 Å². The molecule has 0 fully saturated rings. The first kappa shape index (κ1) is 12.7. The summed E-state index contributed by atoms with van der Waals surface area (Å²) in [6.45, 7) is 0. The zero-order chi connectivity index (χ0) is 14.0. The standard InChI is InChI=1S/C11H9N3O5/c15-11-2-1-7(5-11)12-8-3-9(13(16)17)6-10(4-8)14(18)19/h1-4,6-7,12H,5H2. The van der Waals surface area contributed by atoms with Gasteiger partial charge in [0.25, 0.3) is 11.4 Å². The smallest absolute Gasteiger partial charge is 0.278 e. The van der Waals surface area contributed by atoms with E-state index in [-0.39, 0.29) is 35.3 Å². The van der Waals surface area contributed by atoms with E-state index in [0.717, 1.165) is 6.07 Å². The van der Waals surface area contributed by atoms with Crippen LogP contribution in [-0.4, -0.2) is 21.7 Å². The molecule has 0 spiro atoms. The van der Waals surface area contributed by atoms with Crippen LogP contribution in [0.4, 0.5) is 17.1 Å². The molecule has 19 heavy (non-hydrogen) atoms. The van der Waals surface area contributed by atoms with E-state index >= 15 is 0 Å². The molecule has 1 aromatic rings. The second kappa shape index (κ2) is 4.84. The number of benzene rings is 1. The summed E-state index contributed by atoms with van der Waals surface area (Å²) in [4.78, 5) is 31.1. The topological polar surface area (TPSA) is 115 Å². The van der Waals surface area contributed by atoms with Crippen LogP contribution in [0.2, 0.25) is 0 Å². The summed E-state index contributed by atoms with van der Waals surface area (Å²) in [5.41, 5.74) is -0.500. The maximum Gasteiger partial charge on any atom is 0.278 e. The summed E-state index contributed by atoms with van der Waals surface area (Å²) in [7, 11) is 0. The fourth-order valence-electron chi connectivity index (χ4n) is 1.78. The molecule has 0 aromatic heterocycles. The third kappa shape index (κ3) is 2.92. The first-order valence-electron chi connectivity index (χ1n) is 5.37. The van der Waals surface area contributed by atoms with Crippen molar-refractivity contribution in [3.63, 3.8) is 0 Å². The molecule has 2 rings (SSSR count). The summed E-state index contributed by atoms with van der Waals surface area (Å²) in [5, 5.41) is 24.3. The molecule has 0 saturated heterocycles. The van der Waals surface area contributed by atoms with Crippen molar-refractivity contribution in [1.82, 2.24) is 0 Å². The predicted molar refractivity (Wildman–Crippen MR) is 65.9 cm³/mol. The number of carbonyl (C=O) groups is 1. The number of anilines is 1. The van der Waals surface area contributed by atoms with E-state index in [1.165, 1.54) is 18.2 Å². The van der Waals surface area contributed by atoms with Crippen molar-refractivity contribution in [3.05, 3.63) is 50.6 Å². The lowest BCUT2D eigenvalue weighted by Gasteiger charge is -2.11. The highest BCUT2D eigenvalue weighted by atomic mass is 16.6. The van der Waals surface area contributed by atoms with Gasteiger partial charge < -0.3 is 5.32 Å². The van der Waals surface area contributed by atoms with E-state index in [1.807, 2.05) is 0 Å². The first-order valence-corrected chi connectivity index (χ1v) is 5.37. The molecular weight excluding hydrogens is 254 g/mol. The fraction of sp³-hybridized carbons (Fsp3) is 0.182. The zero-order valence-electron chi connectivity index (χ0n) is 9.61. The second-order valence-electron chi connectivity index (χ2n) is 4.03. The van der Waals surface area contributed by atoms with E-state index in [2.05, 4.69) is 5.32 Å². The van der Waals surface area contributed by atoms with Gasteiger partial charge in [0, 0.05) is 24.2 Å². The normalized spacial score (nSPS) is 17.5. The van der Waals surface area contributed by atoms with E-state index in [0.29, 0.717) is 0 Å². The van der Waals surface area contributed by atoms with Gasteiger partial charge in [-0.3, -0.25) is 25.0 Å². The van der Waals surface area contributed by atoms with Crippen LogP contribution in [0, 0.1) is 20.2 Å². The Balaban J connectivity index is 2.29. The van der Waals surface area contributed by atoms with Gasteiger partial charge in [-0.2, -0.15) is 0 Å². The summed E-state index contributed by atoms with van der Waals surface area (Å²) in [6, 6.07) is 2.99. The molecule has 1 atom stereocenters. The molecule has 98 valence electrons. The van der Waals surface area contributed by atoms with Gasteiger partial charge in [0.05, 0.1) is 22.0 Å². The van der Waals surface area contributed by atoms with Gasteiger partial charge in [0.1, 0.15) is 0 Å². The third-order valence-corrected chi connectivity index (χ3v) is 2.61. The van der Waals surface area contributed by atoms with Crippen LogP contribution in [0.15, 0.2) is 30.4 Å². The van der Waals surface area contributed by atoms with Crippen LogP contribution in [0.3, 0.4) is 0 Å². The van der Waals surface area contributed by atoms with Crippen molar-refractivity contribution in [1.29, 1.82) is 0 Å². The molecule has 0 aliphatic heterocycles. The SMILES string of the molecule is O=C1C=CC(Nc2cc([N+](=O)[O-])cc([N+](=O)[O-])c2)C1. The number of ketones is 1. The van der Waals surface area contributed by atoms with Crippen molar-refractivity contribution in [2.24, 2.45) is 0 Å². The number of allylic oxidation sites excluding steroid dienone is 1. The van der Waals surface area contributed by atoms with Crippen LogP contribution >= 0.6 is 0 Å².